The number of halogens is 2. The van der Waals surface area contributed by atoms with E-state index in [1.54, 1.807) is 22.7 Å². The molecule has 14 heavy (non-hydrogen) atoms. The van der Waals surface area contributed by atoms with Crippen LogP contribution in [0.1, 0.15) is 9.75 Å². The quantitative estimate of drug-likeness (QED) is 0.687. The molecule has 0 spiro atoms. The number of thiophene rings is 2. The zero-order valence-electron chi connectivity index (χ0n) is 7.30. The van der Waals surface area contributed by atoms with Crippen molar-refractivity contribution < 1.29 is 0 Å². The van der Waals surface area contributed by atoms with Crippen LogP contribution >= 0.6 is 45.9 Å². The van der Waals surface area contributed by atoms with E-state index in [-0.39, 0.29) is 0 Å². The van der Waals surface area contributed by atoms with Crippen molar-refractivity contribution >= 4 is 45.9 Å². The number of hydrogen-bond donors (Lipinski definition) is 0. The lowest BCUT2D eigenvalue weighted by molar-refractivity contribution is 1.47. The molecule has 2 aromatic heterocycles. The fourth-order valence-corrected chi connectivity index (χ4v) is 3.51. The van der Waals surface area contributed by atoms with Gasteiger partial charge in [-0.05, 0) is 34.0 Å². The van der Waals surface area contributed by atoms with Crippen LogP contribution < -0.4 is 0 Å². The molecular formula is C10H8Cl2S2. The van der Waals surface area contributed by atoms with Crippen molar-refractivity contribution in [2.75, 3.05) is 0 Å². The van der Waals surface area contributed by atoms with Crippen molar-refractivity contribution in [1.29, 1.82) is 0 Å². The molecule has 0 nitrogen and oxygen atoms in total. The van der Waals surface area contributed by atoms with E-state index in [4.69, 9.17) is 23.2 Å². The average molecular weight is 263 g/mol. The van der Waals surface area contributed by atoms with E-state index in [2.05, 4.69) is 22.9 Å². The minimum absolute atomic E-state index is 0.574. The molecule has 0 amide bonds. The van der Waals surface area contributed by atoms with Crippen molar-refractivity contribution in [2.45, 2.75) is 11.8 Å². The SMILES string of the molecule is ClCc1sccc1-c1ccsc1CCl. The molecule has 2 aromatic rings. The van der Waals surface area contributed by atoms with Crippen molar-refractivity contribution in [2.24, 2.45) is 0 Å². The Labute approximate surface area is 101 Å². The molecule has 2 heterocycles. The van der Waals surface area contributed by atoms with Gasteiger partial charge in [-0.25, -0.2) is 0 Å². The highest BCUT2D eigenvalue weighted by molar-refractivity contribution is 7.11. The van der Waals surface area contributed by atoms with Crippen LogP contribution in [0.4, 0.5) is 0 Å². The van der Waals surface area contributed by atoms with E-state index >= 15 is 0 Å². The van der Waals surface area contributed by atoms with Gasteiger partial charge in [-0.2, -0.15) is 0 Å². The molecule has 0 saturated heterocycles. The maximum Gasteiger partial charge on any atom is 0.0574 e. The number of alkyl halides is 2. The molecule has 74 valence electrons. The van der Waals surface area contributed by atoms with Crippen molar-refractivity contribution in [3.63, 3.8) is 0 Å². The molecule has 0 aromatic carbocycles. The Hall–Kier alpha value is -0.0200. The van der Waals surface area contributed by atoms with Gasteiger partial charge in [0.25, 0.3) is 0 Å². The molecule has 0 saturated carbocycles. The normalized spacial score (nSPS) is 10.7. The van der Waals surface area contributed by atoms with Gasteiger partial charge in [-0.3, -0.25) is 0 Å². The fourth-order valence-electron chi connectivity index (χ4n) is 1.37. The summed E-state index contributed by atoms with van der Waals surface area (Å²) in [6.45, 7) is 0. The number of rotatable bonds is 3. The van der Waals surface area contributed by atoms with Gasteiger partial charge in [-0.1, -0.05) is 0 Å². The molecule has 0 aliphatic rings. The molecule has 0 radical (unpaired) electrons. The van der Waals surface area contributed by atoms with Crippen LogP contribution in [0, 0.1) is 0 Å². The molecule has 0 unspecified atom stereocenters. The Balaban J connectivity index is 2.48. The Kier molecular flexibility index (Phi) is 3.50. The molecule has 0 aliphatic carbocycles. The van der Waals surface area contributed by atoms with E-state index in [1.165, 1.54) is 20.9 Å². The molecule has 0 N–H and O–H groups in total. The van der Waals surface area contributed by atoms with Crippen molar-refractivity contribution in [3.05, 3.63) is 32.6 Å². The monoisotopic (exact) mass is 262 g/mol. The smallest absolute Gasteiger partial charge is 0.0574 e. The third-order valence-corrected chi connectivity index (χ3v) is 4.72. The first-order valence-corrected chi connectivity index (χ1v) is 6.94. The summed E-state index contributed by atoms with van der Waals surface area (Å²) in [4.78, 5) is 2.44. The van der Waals surface area contributed by atoms with E-state index in [0.29, 0.717) is 11.8 Å². The lowest BCUT2D eigenvalue weighted by atomic mass is 10.1. The Morgan fingerprint density at radius 1 is 0.857 bits per heavy atom. The lowest BCUT2D eigenvalue weighted by Crippen LogP contribution is -1.80. The largest absolute Gasteiger partial charge is 0.147 e. The summed E-state index contributed by atoms with van der Waals surface area (Å²) >= 11 is 15.1. The molecule has 0 fully saturated rings. The first-order chi connectivity index (χ1) is 6.86. The Morgan fingerprint density at radius 2 is 1.29 bits per heavy atom. The summed E-state index contributed by atoms with van der Waals surface area (Å²) in [6, 6.07) is 4.22. The summed E-state index contributed by atoms with van der Waals surface area (Å²) in [5.74, 6) is 1.15. The van der Waals surface area contributed by atoms with E-state index < -0.39 is 0 Å². The van der Waals surface area contributed by atoms with Gasteiger partial charge in [-0.15, -0.1) is 45.9 Å². The predicted octanol–water partition coefficient (Wildman–Crippen LogP) is 4.95. The lowest BCUT2D eigenvalue weighted by Gasteiger charge is -2.00. The van der Waals surface area contributed by atoms with Gasteiger partial charge in [0, 0.05) is 9.75 Å². The highest BCUT2D eigenvalue weighted by Gasteiger charge is 2.10. The zero-order valence-corrected chi connectivity index (χ0v) is 10.4. The molecular weight excluding hydrogens is 255 g/mol. The Morgan fingerprint density at radius 3 is 1.64 bits per heavy atom. The van der Waals surface area contributed by atoms with Crippen LogP contribution in [0.5, 0.6) is 0 Å². The second-order valence-electron chi connectivity index (χ2n) is 2.78. The maximum atomic E-state index is 5.87. The topological polar surface area (TPSA) is 0 Å². The summed E-state index contributed by atoms with van der Waals surface area (Å²) < 4.78 is 0. The average Bonchev–Trinajstić information content (AvgIpc) is 2.85. The molecule has 0 aliphatic heterocycles. The molecule has 0 bridgehead atoms. The van der Waals surface area contributed by atoms with Gasteiger partial charge in [0.15, 0.2) is 0 Å². The fraction of sp³-hybridized carbons (Fsp3) is 0.200. The van der Waals surface area contributed by atoms with Crippen LogP contribution in [-0.2, 0) is 11.8 Å². The third kappa shape index (κ3) is 1.84. The predicted molar refractivity (Wildman–Crippen MR) is 66.7 cm³/mol. The second kappa shape index (κ2) is 4.67. The van der Waals surface area contributed by atoms with E-state index in [0.717, 1.165) is 0 Å². The van der Waals surface area contributed by atoms with Gasteiger partial charge in [0.05, 0.1) is 11.8 Å². The van der Waals surface area contributed by atoms with Crippen molar-refractivity contribution in [3.8, 4) is 11.1 Å². The summed E-state index contributed by atoms with van der Waals surface area (Å²) in [7, 11) is 0. The van der Waals surface area contributed by atoms with Gasteiger partial charge >= 0.3 is 0 Å². The minimum Gasteiger partial charge on any atom is -0.147 e. The third-order valence-electron chi connectivity index (χ3n) is 2.02. The van der Waals surface area contributed by atoms with E-state index in [1.807, 2.05) is 0 Å². The summed E-state index contributed by atoms with van der Waals surface area (Å²) in [6.07, 6.45) is 0. The number of hydrogen-bond acceptors (Lipinski definition) is 2. The Bertz CT molecular complexity index is 377. The van der Waals surface area contributed by atoms with Crippen LogP contribution in [-0.4, -0.2) is 0 Å². The zero-order chi connectivity index (χ0) is 9.97. The standard InChI is InChI=1S/C10H8Cl2S2/c11-5-9-7(1-3-13-9)8-2-4-14-10(8)6-12/h1-4H,5-6H2. The maximum absolute atomic E-state index is 5.87. The van der Waals surface area contributed by atoms with E-state index in [9.17, 15) is 0 Å². The van der Waals surface area contributed by atoms with Crippen LogP contribution in [0.3, 0.4) is 0 Å². The second-order valence-corrected chi connectivity index (χ2v) is 5.32. The van der Waals surface area contributed by atoms with Crippen LogP contribution in [0.15, 0.2) is 22.9 Å². The van der Waals surface area contributed by atoms with Gasteiger partial charge in [0.2, 0.25) is 0 Å². The van der Waals surface area contributed by atoms with Crippen molar-refractivity contribution in [1.82, 2.24) is 0 Å². The minimum atomic E-state index is 0.574. The molecule has 0 atom stereocenters. The van der Waals surface area contributed by atoms with Crippen LogP contribution in [0.25, 0.3) is 11.1 Å². The molecule has 2 rings (SSSR count). The van der Waals surface area contributed by atoms with Gasteiger partial charge < -0.3 is 0 Å². The first-order valence-electron chi connectivity index (χ1n) is 4.12. The van der Waals surface area contributed by atoms with Gasteiger partial charge in [0.1, 0.15) is 0 Å². The summed E-state index contributed by atoms with van der Waals surface area (Å²) in [5, 5.41) is 4.14. The van der Waals surface area contributed by atoms with Crippen LogP contribution in [0.2, 0.25) is 0 Å². The highest BCUT2D eigenvalue weighted by Crippen LogP contribution is 2.35. The molecule has 4 heteroatoms. The first kappa shape index (κ1) is 10.5. The summed E-state index contributed by atoms with van der Waals surface area (Å²) in [5.41, 5.74) is 2.48. The highest BCUT2D eigenvalue weighted by atomic mass is 35.5.